The molecule has 1 N–H and O–H groups in total. The SMILES string of the molecule is COC(=O)c1occc1CNc1cc(F)c(Br)cc1C. The second-order valence-electron chi connectivity index (χ2n) is 4.20. The van der Waals surface area contributed by atoms with E-state index in [9.17, 15) is 9.18 Å². The van der Waals surface area contributed by atoms with Crippen molar-refractivity contribution in [3.8, 4) is 0 Å². The van der Waals surface area contributed by atoms with Crippen LogP contribution < -0.4 is 5.32 Å². The fourth-order valence-corrected chi connectivity index (χ4v) is 2.23. The van der Waals surface area contributed by atoms with E-state index in [0.29, 0.717) is 22.3 Å². The number of carbonyl (C=O) groups is 1. The van der Waals surface area contributed by atoms with Crippen molar-refractivity contribution in [1.82, 2.24) is 0 Å². The van der Waals surface area contributed by atoms with Crippen LogP contribution in [-0.4, -0.2) is 13.1 Å². The Bertz CT molecular complexity index is 639. The average Bonchev–Trinajstić information content (AvgIpc) is 2.89. The van der Waals surface area contributed by atoms with Gasteiger partial charge in [-0.15, -0.1) is 0 Å². The second-order valence-corrected chi connectivity index (χ2v) is 5.06. The van der Waals surface area contributed by atoms with Crippen LogP contribution in [0.4, 0.5) is 10.1 Å². The number of benzene rings is 1. The fraction of sp³-hybridized carbons (Fsp3) is 0.214. The van der Waals surface area contributed by atoms with Gasteiger partial charge >= 0.3 is 5.97 Å². The van der Waals surface area contributed by atoms with Gasteiger partial charge in [0, 0.05) is 17.8 Å². The summed E-state index contributed by atoms with van der Waals surface area (Å²) in [5, 5.41) is 3.07. The Morgan fingerprint density at radius 1 is 1.50 bits per heavy atom. The lowest BCUT2D eigenvalue weighted by Crippen LogP contribution is -2.07. The Kier molecular flexibility index (Phi) is 4.44. The third kappa shape index (κ3) is 3.01. The minimum atomic E-state index is -0.537. The summed E-state index contributed by atoms with van der Waals surface area (Å²) in [7, 11) is 1.29. The molecule has 0 fully saturated rings. The molecule has 6 heteroatoms. The molecule has 0 radical (unpaired) electrons. The Hall–Kier alpha value is -1.82. The van der Waals surface area contributed by atoms with Crippen LogP contribution in [0, 0.1) is 12.7 Å². The van der Waals surface area contributed by atoms with Crippen molar-refractivity contribution in [2.24, 2.45) is 0 Å². The monoisotopic (exact) mass is 341 g/mol. The van der Waals surface area contributed by atoms with Crippen molar-refractivity contribution >= 4 is 27.6 Å². The molecular weight excluding hydrogens is 329 g/mol. The first kappa shape index (κ1) is 14.6. The Balaban J connectivity index is 2.15. The number of rotatable bonds is 4. The van der Waals surface area contributed by atoms with E-state index >= 15 is 0 Å². The normalized spacial score (nSPS) is 10.4. The summed E-state index contributed by atoms with van der Waals surface area (Å²) in [6.45, 7) is 2.20. The van der Waals surface area contributed by atoms with Crippen LogP contribution in [-0.2, 0) is 11.3 Å². The van der Waals surface area contributed by atoms with E-state index in [4.69, 9.17) is 4.42 Å². The van der Waals surface area contributed by atoms with Gasteiger partial charge in [-0.25, -0.2) is 9.18 Å². The molecule has 0 bridgehead atoms. The van der Waals surface area contributed by atoms with Gasteiger partial charge in [-0.1, -0.05) is 0 Å². The molecule has 4 nitrogen and oxygen atoms in total. The number of esters is 1. The van der Waals surface area contributed by atoms with Crippen molar-refractivity contribution in [1.29, 1.82) is 0 Å². The smallest absolute Gasteiger partial charge is 0.374 e. The van der Waals surface area contributed by atoms with Crippen molar-refractivity contribution in [2.75, 3.05) is 12.4 Å². The van der Waals surface area contributed by atoms with E-state index < -0.39 is 5.97 Å². The third-order valence-electron chi connectivity index (χ3n) is 2.85. The number of ether oxygens (including phenoxy) is 1. The van der Waals surface area contributed by atoms with Crippen molar-refractivity contribution in [2.45, 2.75) is 13.5 Å². The van der Waals surface area contributed by atoms with E-state index in [1.807, 2.05) is 6.92 Å². The molecule has 106 valence electrons. The molecular formula is C14H13BrFNO3. The van der Waals surface area contributed by atoms with Crippen LogP contribution in [0.25, 0.3) is 0 Å². The zero-order valence-corrected chi connectivity index (χ0v) is 12.6. The largest absolute Gasteiger partial charge is 0.463 e. The summed E-state index contributed by atoms with van der Waals surface area (Å²) < 4.78 is 23.6. The minimum Gasteiger partial charge on any atom is -0.463 e. The lowest BCUT2D eigenvalue weighted by molar-refractivity contribution is 0.0563. The number of halogens is 2. The molecule has 0 saturated carbocycles. The van der Waals surface area contributed by atoms with E-state index in [0.717, 1.165) is 5.56 Å². The highest BCUT2D eigenvalue weighted by atomic mass is 79.9. The van der Waals surface area contributed by atoms with Crippen molar-refractivity contribution in [3.63, 3.8) is 0 Å². The highest BCUT2D eigenvalue weighted by Crippen LogP contribution is 2.24. The van der Waals surface area contributed by atoms with E-state index in [1.54, 1.807) is 12.1 Å². The zero-order valence-electron chi connectivity index (χ0n) is 11.0. The molecule has 1 heterocycles. The minimum absolute atomic E-state index is 0.148. The van der Waals surface area contributed by atoms with Crippen LogP contribution in [0.15, 0.2) is 33.4 Å². The van der Waals surface area contributed by atoms with E-state index in [2.05, 4.69) is 26.0 Å². The summed E-state index contributed by atoms with van der Waals surface area (Å²) in [5.74, 6) is -0.737. The van der Waals surface area contributed by atoms with Crippen LogP contribution in [0.3, 0.4) is 0 Å². The fourth-order valence-electron chi connectivity index (χ4n) is 1.77. The first-order valence-corrected chi connectivity index (χ1v) is 6.66. The van der Waals surface area contributed by atoms with E-state index in [-0.39, 0.29) is 11.6 Å². The lowest BCUT2D eigenvalue weighted by atomic mass is 10.2. The van der Waals surface area contributed by atoms with Gasteiger partial charge in [0.05, 0.1) is 17.8 Å². The molecule has 20 heavy (non-hydrogen) atoms. The molecule has 0 aliphatic heterocycles. The first-order chi connectivity index (χ1) is 9.52. The summed E-state index contributed by atoms with van der Waals surface area (Å²) >= 11 is 3.13. The van der Waals surface area contributed by atoms with Gasteiger partial charge in [0.25, 0.3) is 0 Å². The predicted octanol–water partition coefficient (Wildman–Crippen LogP) is 3.89. The second kappa shape index (κ2) is 6.09. The molecule has 2 aromatic rings. The third-order valence-corrected chi connectivity index (χ3v) is 3.46. The van der Waals surface area contributed by atoms with Gasteiger partial charge in [0.2, 0.25) is 5.76 Å². The number of nitrogens with one attached hydrogen (secondary N) is 1. The number of furan rings is 1. The molecule has 0 aliphatic rings. The zero-order chi connectivity index (χ0) is 14.7. The Morgan fingerprint density at radius 2 is 2.25 bits per heavy atom. The number of anilines is 1. The number of methoxy groups -OCH3 is 1. The van der Waals surface area contributed by atoms with Crippen LogP contribution in [0.1, 0.15) is 21.7 Å². The molecule has 2 rings (SSSR count). The van der Waals surface area contributed by atoms with Crippen LogP contribution in [0.5, 0.6) is 0 Å². The van der Waals surface area contributed by atoms with Gasteiger partial charge in [-0.2, -0.15) is 0 Å². The summed E-state index contributed by atoms with van der Waals surface area (Å²) in [6.07, 6.45) is 1.41. The van der Waals surface area contributed by atoms with Gasteiger partial charge in [-0.3, -0.25) is 0 Å². The first-order valence-electron chi connectivity index (χ1n) is 5.87. The molecule has 0 saturated heterocycles. The van der Waals surface area contributed by atoms with Gasteiger partial charge in [0.15, 0.2) is 0 Å². The maximum absolute atomic E-state index is 13.5. The molecule has 0 atom stereocenters. The standard InChI is InChI=1S/C14H13BrFNO3/c1-8-5-10(15)11(16)6-12(8)17-7-9-3-4-20-13(9)14(18)19-2/h3-6,17H,7H2,1-2H3. The quantitative estimate of drug-likeness (QED) is 0.857. The van der Waals surface area contributed by atoms with Gasteiger partial charge < -0.3 is 14.5 Å². The topological polar surface area (TPSA) is 51.5 Å². The molecule has 0 amide bonds. The highest BCUT2D eigenvalue weighted by Gasteiger charge is 2.15. The number of aryl methyl sites for hydroxylation is 1. The molecule has 0 spiro atoms. The summed E-state index contributed by atoms with van der Waals surface area (Å²) in [5.41, 5.74) is 2.20. The summed E-state index contributed by atoms with van der Waals surface area (Å²) in [4.78, 5) is 11.5. The Labute approximate surface area is 124 Å². The molecule has 1 aromatic heterocycles. The van der Waals surface area contributed by atoms with Crippen LogP contribution >= 0.6 is 15.9 Å². The van der Waals surface area contributed by atoms with Crippen LogP contribution in [0.2, 0.25) is 0 Å². The highest BCUT2D eigenvalue weighted by molar-refractivity contribution is 9.10. The lowest BCUT2D eigenvalue weighted by Gasteiger charge is -2.10. The number of carbonyl (C=O) groups excluding carboxylic acids is 1. The molecule has 1 aromatic carbocycles. The van der Waals surface area contributed by atoms with Gasteiger partial charge in [-0.05, 0) is 46.6 Å². The summed E-state index contributed by atoms with van der Waals surface area (Å²) in [6, 6.07) is 4.76. The van der Waals surface area contributed by atoms with Gasteiger partial charge in [0.1, 0.15) is 5.82 Å². The number of hydrogen-bond donors (Lipinski definition) is 1. The average molecular weight is 342 g/mol. The maximum atomic E-state index is 13.5. The van der Waals surface area contributed by atoms with E-state index in [1.165, 1.54) is 19.4 Å². The van der Waals surface area contributed by atoms with Crippen molar-refractivity contribution < 1.29 is 18.3 Å². The van der Waals surface area contributed by atoms with Crippen molar-refractivity contribution in [3.05, 3.63) is 51.6 Å². The maximum Gasteiger partial charge on any atom is 0.374 e. The Morgan fingerprint density at radius 3 is 2.95 bits per heavy atom. The molecule has 0 unspecified atom stereocenters. The predicted molar refractivity (Wildman–Crippen MR) is 76.2 cm³/mol. The molecule has 0 aliphatic carbocycles. The number of hydrogen-bond acceptors (Lipinski definition) is 4.